The van der Waals surface area contributed by atoms with Gasteiger partial charge in [-0.25, -0.2) is 9.18 Å². The van der Waals surface area contributed by atoms with E-state index in [0.717, 1.165) is 25.1 Å². The lowest BCUT2D eigenvalue weighted by Crippen LogP contribution is -2.41. The van der Waals surface area contributed by atoms with Gasteiger partial charge >= 0.3 is 6.03 Å². The molecule has 5 heteroatoms. The third-order valence-corrected chi connectivity index (χ3v) is 3.69. The molecule has 1 atom stereocenters. The topological polar surface area (TPSA) is 44.4 Å². The van der Waals surface area contributed by atoms with Crippen LogP contribution in [0.3, 0.4) is 0 Å². The van der Waals surface area contributed by atoms with Crippen molar-refractivity contribution in [3.8, 4) is 0 Å². The van der Waals surface area contributed by atoms with Gasteiger partial charge in [0.1, 0.15) is 5.82 Å². The van der Waals surface area contributed by atoms with Crippen molar-refractivity contribution in [1.29, 1.82) is 0 Å². The summed E-state index contributed by atoms with van der Waals surface area (Å²) in [5, 5.41) is 5.71. The Morgan fingerprint density at radius 3 is 2.90 bits per heavy atom. The first-order valence-electron chi connectivity index (χ1n) is 7.54. The standard InChI is InChI=1S/C16H24FN3O/c1-12(2)19-16(21)18-9-13-7-8-20(10-13)11-14-5-3-4-6-15(14)17/h3-6,12-13H,7-11H2,1-2H3,(H2,18,19,21)/t13-/m0/s1. The summed E-state index contributed by atoms with van der Waals surface area (Å²) in [6.45, 7) is 7.03. The Kier molecular flexibility index (Phi) is 5.56. The largest absolute Gasteiger partial charge is 0.338 e. The van der Waals surface area contributed by atoms with Crippen molar-refractivity contribution in [3.63, 3.8) is 0 Å². The first kappa shape index (κ1) is 15.8. The molecule has 21 heavy (non-hydrogen) atoms. The van der Waals surface area contributed by atoms with Crippen LogP contribution in [0.4, 0.5) is 9.18 Å². The lowest BCUT2D eigenvalue weighted by atomic mass is 10.1. The molecule has 1 heterocycles. The van der Waals surface area contributed by atoms with E-state index in [0.29, 0.717) is 19.0 Å². The van der Waals surface area contributed by atoms with Crippen LogP contribution in [0.2, 0.25) is 0 Å². The molecule has 1 fully saturated rings. The molecule has 2 N–H and O–H groups in total. The van der Waals surface area contributed by atoms with E-state index in [1.54, 1.807) is 6.07 Å². The number of nitrogens with zero attached hydrogens (tertiary/aromatic N) is 1. The van der Waals surface area contributed by atoms with Crippen LogP contribution in [0.1, 0.15) is 25.8 Å². The summed E-state index contributed by atoms with van der Waals surface area (Å²) in [7, 11) is 0. The van der Waals surface area contributed by atoms with Gasteiger partial charge in [-0.05, 0) is 38.8 Å². The van der Waals surface area contributed by atoms with E-state index in [-0.39, 0.29) is 17.9 Å². The fraction of sp³-hybridized carbons (Fsp3) is 0.562. The van der Waals surface area contributed by atoms with Crippen molar-refractivity contribution in [3.05, 3.63) is 35.6 Å². The second kappa shape index (κ2) is 7.41. The highest BCUT2D eigenvalue weighted by Gasteiger charge is 2.23. The van der Waals surface area contributed by atoms with E-state index in [1.807, 2.05) is 26.0 Å². The molecule has 1 aliphatic heterocycles. The Balaban J connectivity index is 1.74. The maximum atomic E-state index is 13.6. The molecule has 2 rings (SSSR count). The van der Waals surface area contributed by atoms with Gasteiger partial charge in [-0.2, -0.15) is 0 Å². The third-order valence-electron chi connectivity index (χ3n) is 3.69. The van der Waals surface area contributed by atoms with Crippen LogP contribution < -0.4 is 10.6 Å². The summed E-state index contributed by atoms with van der Waals surface area (Å²) in [4.78, 5) is 13.8. The first-order chi connectivity index (χ1) is 10.0. The molecule has 2 amide bonds. The van der Waals surface area contributed by atoms with E-state index in [1.165, 1.54) is 6.07 Å². The minimum absolute atomic E-state index is 0.113. The Hall–Kier alpha value is -1.62. The number of hydrogen-bond acceptors (Lipinski definition) is 2. The molecule has 0 radical (unpaired) electrons. The Morgan fingerprint density at radius 2 is 2.19 bits per heavy atom. The Labute approximate surface area is 125 Å². The molecule has 0 spiro atoms. The number of urea groups is 1. The van der Waals surface area contributed by atoms with Gasteiger partial charge in [-0.1, -0.05) is 18.2 Å². The van der Waals surface area contributed by atoms with Gasteiger partial charge in [0, 0.05) is 31.2 Å². The second-order valence-electron chi connectivity index (χ2n) is 5.99. The maximum Gasteiger partial charge on any atom is 0.314 e. The maximum absolute atomic E-state index is 13.6. The molecule has 0 bridgehead atoms. The molecule has 1 saturated heterocycles. The highest BCUT2D eigenvalue weighted by atomic mass is 19.1. The lowest BCUT2D eigenvalue weighted by Gasteiger charge is -2.17. The predicted octanol–water partition coefficient (Wildman–Crippen LogP) is 2.36. The summed E-state index contributed by atoms with van der Waals surface area (Å²) in [5.74, 6) is 0.296. The monoisotopic (exact) mass is 293 g/mol. The van der Waals surface area contributed by atoms with Gasteiger partial charge in [0.25, 0.3) is 0 Å². The molecule has 1 aromatic rings. The molecule has 0 saturated carbocycles. The normalized spacial score (nSPS) is 19.0. The zero-order chi connectivity index (χ0) is 15.2. The number of halogens is 1. The summed E-state index contributed by atoms with van der Waals surface area (Å²) in [6.07, 6.45) is 1.04. The van der Waals surface area contributed by atoms with Gasteiger partial charge in [-0.15, -0.1) is 0 Å². The summed E-state index contributed by atoms with van der Waals surface area (Å²) in [6, 6.07) is 6.94. The van der Waals surface area contributed by atoms with Crippen molar-refractivity contribution in [2.24, 2.45) is 5.92 Å². The first-order valence-corrected chi connectivity index (χ1v) is 7.54. The molecule has 116 valence electrons. The van der Waals surface area contributed by atoms with Crippen LogP contribution in [0.15, 0.2) is 24.3 Å². The average molecular weight is 293 g/mol. The summed E-state index contributed by atoms with van der Waals surface area (Å²) >= 11 is 0. The summed E-state index contributed by atoms with van der Waals surface area (Å²) in [5.41, 5.74) is 0.740. The van der Waals surface area contributed by atoms with E-state index in [9.17, 15) is 9.18 Å². The molecule has 0 unspecified atom stereocenters. The van der Waals surface area contributed by atoms with Crippen LogP contribution in [0.25, 0.3) is 0 Å². The van der Waals surface area contributed by atoms with Crippen LogP contribution in [0, 0.1) is 11.7 Å². The fourth-order valence-corrected chi connectivity index (χ4v) is 2.64. The number of hydrogen-bond donors (Lipinski definition) is 2. The number of carbonyl (C=O) groups excluding carboxylic acids is 1. The van der Waals surface area contributed by atoms with Crippen molar-refractivity contribution < 1.29 is 9.18 Å². The molecule has 0 aromatic heterocycles. The molecular weight excluding hydrogens is 269 g/mol. The minimum Gasteiger partial charge on any atom is -0.338 e. The summed E-state index contributed by atoms with van der Waals surface area (Å²) < 4.78 is 13.6. The molecule has 0 aliphatic carbocycles. The van der Waals surface area contributed by atoms with Crippen molar-refractivity contribution in [2.45, 2.75) is 32.9 Å². The minimum atomic E-state index is -0.143. The van der Waals surface area contributed by atoms with E-state index in [2.05, 4.69) is 15.5 Å². The highest BCUT2D eigenvalue weighted by Crippen LogP contribution is 2.19. The molecule has 4 nitrogen and oxygen atoms in total. The molecule has 1 aliphatic rings. The van der Waals surface area contributed by atoms with Crippen LogP contribution in [-0.2, 0) is 6.54 Å². The van der Waals surface area contributed by atoms with Crippen LogP contribution in [-0.4, -0.2) is 36.6 Å². The SMILES string of the molecule is CC(C)NC(=O)NC[C@@H]1CCN(Cc2ccccc2F)C1. The number of nitrogens with one attached hydrogen (secondary N) is 2. The van der Waals surface area contributed by atoms with Gasteiger partial charge in [0.05, 0.1) is 0 Å². The van der Waals surface area contributed by atoms with Crippen molar-refractivity contribution in [2.75, 3.05) is 19.6 Å². The van der Waals surface area contributed by atoms with Crippen LogP contribution >= 0.6 is 0 Å². The molecule has 1 aromatic carbocycles. The van der Waals surface area contributed by atoms with Crippen molar-refractivity contribution >= 4 is 6.03 Å². The number of carbonyl (C=O) groups is 1. The van der Waals surface area contributed by atoms with Crippen LogP contribution in [0.5, 0.6) is 0 Å². The Bertz CT molecular complexity index is 478. The van der Waals surface area contributed by atoms with E-state index in [4.69, 9.17) is 0 Å². The third kappa shape index (κ3) is 5.01. The number of likely N-dealkylation sites (tertiary alicyclic amines) is 1. The van der Waals surface area contributed by atoms with Gasteiger partial charge in [0.2, 0.25) is 0 Å². The van der Waals surface area contributed by atoms with E-state index >= 15 is 0 Å². The smallest absolute Gasteiger partial charge is 0.314 e. The quantitative estimate of drug-likeness (QED) is 0.875. The van der Waals surface area contributed by atoms with Gasteiger partial charge < -0.3 is 10.6 Å². The number of amides is 2. The molecular formula is C16H24FN3O. The van der Waals surface area contributed by atoms with Gasteiger partial charge in [-0.3, -0.25) is 4.90 Å². The highest BCUT2D eigenvalue weighted by molar-refractivity contribution is 5.74. The Morgan fingerprint density at radius 1 is 1.43 bits per heavy atom. The number of rotatable bonds is 5. The number of benzene rings is 1. The van der Waals surface area contributed by atoms with E-state index < -0.39 is 0 Å². The van der Waals surface area contributed by atoms with Gasteiger partial charge in [0.15, 0.2) is 0 Å². The fourth-order valence-electron chi connectivity index (χ4n) is 2.64. The zero-order valence-corrected chi connectivity index (χ0v) is 12.7. The lowest BCUT2D eigenvalue weighted by molar-refractivity contribution is 0.236. The van der Waals surface area contributed by atoms with Crippen molar-refractivity contribution in [1.82, 2.24) is 15.5 Å². The average Bonchev–Trinajstić information content (AvgIpc) is 2.86. The zero-order valence-electron chi connectivity index (χ0n) is 12.7. The predicted molar refractivity (Wildman–Crippen MR) is 81.5 cm³/mol. The second-order valence-corrected chi connectivity index (χ2v) is 5.99.